The Morgan fingerprint density at radius 3 is 2.47 bits per heavy atom. The smallest absolute Gasteiger partial charge is 0.288 e. The first-order chi connectivity index (χ1) is 9.04. The summed E-state index contributed by atoms with van der Waals surface area (Å²) in [6.07, 6.45) is 0. The van der Waals surface area contributed by atoms with Crippen molar-refractivity contribution in [2.75, 3.05) is 5.32 Å². The van der Waals surface area contributed by atoms with Gasteiger partial charge in [-0.2, -0.15) is 8.78 Å². The standard InChI is InChI=1S/C13H14F2N2S2/c1-8(12-7-18-9(2)17-12)16-10-3-5-11(6-4-10)19-13(14)15/h3-8,13,16H,1-2H3. The van der Waals surface area contributed by atoms with E-state index in [9.17, 15) is 8.78 Å². The number of anilines is 1. The van der Waals surface area contributed by atoms with Crippen LogP contribution in [0.3, 0.4) is 0 Å². The van der Waals surface area contributed by atoms with E-state index in [1.54, 1.807) is 35.6 Å². The van der Waals surface area contributed by atoms with Crippen molar-refractivity contribution >= 4 is 28.8 Å². The minimum Gasteiger partial charge on any atom is -0.377 e. The van der Waals surface area contributed by atoms with Crippen LogP contribution >= 0.6 is 23.1 Å². The molecule has 19 heavy (non-hydrogen) atoms. The van der Waals surface area contributed by atoms with Crippen molar-refractivity contribution in [3.05, 3.63) is 40.3 Å². The Labute approximate surface area is 119 Å². The van der Waals surface area contributed by atoms with Gasteiger partial charge in [0.05, 0.1) is 16.7 Å². The molecule has 0 saturated heterocycles. The Morgan fingerprint density at radius 1 is 1.26 bits per heavy atom. The summed E-state index contributed by atoms with van der Waals surface area (Å²) in [5.74, 6) is -2.38. The predicted octanol–water partition coefficient (Wildman–Crippen LogP) is 4.94. The van der Waals surface area contributed by atoms with Crippen LogP contribution in [0.4, 0.5) is 14.5 Å². The highest BCUT2D eigenvalue weighted by molar-refractivity contribution is 7.99. The topological polar surface area (TPSA) is 24.9 Å². The summed E-state index contributed by atoms with van der Waals surface area (Å²) >= 11 is 2.17. The number of nitrogens with one attached hydrogen (secondary N) is 1. The second-order valence-electron chi connectivity index (χ2n) is 4.06. The van der Waals surface area contributed by atoms with Crippen molar-refractivity contribution in [1.82, 2.24) is 4.98 Å². The second-order valence-corrected chi connectivity index (χ2v) is 6.19. The number of hydrogen-bond donors (Lipinski definition) is 1. The summed E-state index contributed by atoms with van der Waals surface area (Å²) in [7, 11) is 0. The number of aromatic nitrogens is 1. The lowest BCUT2D eigenvalue weighted by Crippen LogP contribution is -2.06. The SMILES string of the molecule is Cc1nc(C(C)Nc2ccc(SC(F)F)cc2)cs1. The van der Waals surface area contributed by atoms with Crippen LogP contribution < -0.4 is 5.32 Å². The molecule has 0 aliphatic carbocycles. The molecular weight excluding hydrogens is 286 g/mol. The number of thiazole rings is 1. The van der Waals surface area contributed by atoms with Crippen molar-refractivity contribution in [3.63, 3.8) is 0 Å². The lowest BCUT2D eigenvalue weighted by atomic mass is 10.2. The van der Waals surface area contributed by atoms with Crippen LogP contribution in [0.2, 0.25) is 0 Å². The van der Waals surface area contributed by atoms with Crippen molar-refractivity contribution in [3.8, 4) is 0 Å². The van der Waals surface area contributed by atoms with Gasteiger partial charge in [0, 0.05) is 16.0 Å². The normalized spacial score (nSPS) is 12.7. The van der Waals surface area contributed by atoms with E-state index in [-0.39, 0.29) is 6.04 Å². The van der Waals surface area contributed by atoms with Crippen LogP contribution in [0.5, 0.6) is 0 Å². The van der Waals surface area contributed by atoms with Gasteiger partial charge in [0.15, 0.2) is 0 Å². The molecule has 0 fully saturated rings. The third kappa shape index (κ3) is 4.18. The summed E-state index contributed by atoms with van der Waals surface area (Å²) in [5, 5.41) is 6.36. The molecule has 6 heteroatoms. The highest BCUT2D eigenvalue weighted by Gasteiger charge is 2.09. The molecule has 1 heterocycles. The Hall–Kier alpha value is -1.14. The minimum absolute atomic E-state index is 0.0959. The Kier molecular flexibility index (Phi) is 4.76. The largest absolute Gasteiger partial charge is 0.377 e. The zero-order chi connectivity index (χ0) is 13.8. The first-order valence-corrected chi connectivity index (χ1v) is 7.54. The van der Waals surface area contributed by atoms with Gasteiger partial charge in [0.2, 0.25) is 0 Å². The van der Waals surface area contributed by atoms with E-state index >= 15 is 0 Å². The summed E-state index contributed by atoms with van der Waals surface area (Å²) in [6.45, 7) is 3.99. The number of thioether (sulfide) groups is 1. The zero-order valence-corrected chi connectivity index (χ0v) is 12.2. The average Bonchev–Trinajstić information content (AvgIpc) is 2.78. The molecule has 2 aromatic rings. The highest BCUT2D eigenvalue weighted by atomic mass is 32.2. The molecule has 0 amide bonds. The first kappa shape index (κ1) is 14.3. The van der Waals surface area contributed by atoms with Gasteiger partial charge in [-0.15, -0.1) is 11.3 Å². The van der Waals surface area contributed by atoms with Crippen LogP contribution in [0, 0.1) is 6.92 Å². The Balaban J connectivity index is 1.99. The van der Waals surface area contributed by atoms with Crippen LogP contribution in [-0.2, 0) is 0 Å². The lowest BCUT2D eigenvalue weighted by molar-refractivity contribution is 0.252. The summed E-state index contributed by atoms with van der Waals surface area (Å²) in [5.41, 5.74) is 1.89. The van der Waals surface area contributed by atoms with Gasteiger partial charge in [-0.25, -0.2) is 4.98 Å². The van der Waals surface area contributed by atoms with E-state index < -0.39 is 5.76 Å². The third-order valence-electron chi connectivity index (χ3n) is 2.54. The molecule has 0 radical (unpaired) electrons. The molecule has 102 valence electrons. The molecule has 1 atom stereocenters. The van der Waals surface area contributed by atoms with Gasteiger partial charge in [0.25, 0.3) is 5.76 Å². The monoisotopic (exact) mass is 300 g/mol. The van der Waals surface area contributed by atoms with Crippen LogP contribution in [-0.4, -0.2) is 10.7 Å². The molecule has 2 rings (SSSR count). The fraction of sp³-hybridized carbons (Fsp3) is 0.308. The molecule has 0 spiro atoms. The molecule has 0 aliphatic rings. The molecule has 1 N–H and O–H groups in total. The molecule has 0 saturated carbocycles. The molecule has 1 unspecified atom stereocenters. The third-order valence-corrected chi connectivity index (χ3v) is 4.06. The number of aryl methyl sites for hydroxylation is 1. The second kappa shape index (κ2) is 6.34. The number of halogens is 2. The van der Waals surface area contributed by atoms with Crippen molar-refractivity contribution in [2.24, 2.45) is 0 Å². The molecule has 2 nitrogen and oxygen atoms in total. The van der Waals surface area contributed by atoms with Gasteiger partial charge in [-0.1, -0.05) is 11.8 Å². The molecule has 0 bridgehead atoms. The van der Waals surface area contributed by atoms with E-state index in [0.29, 0.717) is 16.7 Å². The van der Waals surface area contributed by atoms with E-state index in [2.05, 4.69) is 10.3 Å². The molecule has 1 aromatic heterocycles. The maximum absolute atomic E-state index is 12.2. The van der Waals surface area contributed by atoms with Gasteiger partial charge in [-0.05, 0) is 38.1 Å². The molecular formula is C13H14F2N2S2. The van der Waals surface area contributed by atoms with Gasteiger partial charge < -0.3 is 5.32 Å². The highest BCUT2D eigenvalue weighted by Crippen LogP contribution is 2.27. The van der Waals surface area contributed by atoms with E-state index in [0.717, 1.165) is 16.4 Å². The van der Waals surface area contributed by atoms with Gasteiger partial charge in [-0.3, -0.25) is 0 Å². The van der Waals surface area contributed by atoms with Gasteiger partial charge >= 0.3 is 0 Å². The number of nitrogens with zero attached hydrogens (tertiary/aromatic N) is 1. The van der Waals surface area contributed by atoms with Crippen LogP contribution in [0.15, 0.2) is 34.5 Å². The lowest BCUT2D eigenvalue weighted by Gasteiger charge is -2.13. The maximum atomic E-state index is 12.2. The van der Waals surface area contributed by atoms with Crippen LogP contribution in [0.25, 0.3) is 0 Å². The maximum Gasteiger partial charge on any atom is 0.288 e. The Bertz CT molecular complexity index is 526. The van der Waals surface area contributed by atoms with Crippen molar-refractivity contribution in [2.45, 2.75) is 30.5 Å². The number of rotatable bonds is 5. The predicted molar refractivity (Wildman–Crippen MR) is 77.2 cm³/mol. The first-order valence-electron chi connectivity index (χ1n) is 5.78. The summed E-state index contributed by atoms with van der Waals surface area (Å²) in [4.78, 5) is 4.98. The van der Waals surface area contributed by atoms with Crippen molar-refractivity contribution in [1.29, 1.82) is 0 Å². The van der Waals surface area contributed by atoms with E-state index in [1.807, 2.05) is 19.2 Å². The average molecular weight is 300 g/mol. The minimum atomic E-state index is -2.38. The van der Waals surface area contributed by atoms with Gasteiger partial charge in [0.1, 0.15) is 0 Å². The number of alkyl halides is 2. The summed E-state index contributed by atoms with van der Waals surface area (Å²) in [6, 6.07) is 7.09. The number of benzene rings is 1. The zero-order valence-electron chi connectivity index (χ0n) is 10.6. The molecule has 1 aromatic carbocycles. The van der Waals surface area contributed by atoms with Crippen molar-refractivity contribution < 1.29 is 8.78 Å². The fourth-order valence-corrected chi connectivity index (χ4v) is 2.84. The van der Waals surface area contributed by atoms with E-state index in [4.69, 9.17) is 0 Å². The van der Waals surface area contributed by atoms with E-state index in [1.165, 1.54) is 0 Å². The fourth-order valence-electron chi connectivity index (χ4n) is 1.64. The van der Waals surface area contributed by atoms with Crippen LogP contribution in [0.1, 0.15) is 23.7 Å². The summed E-state index contributed by atoms with van der Waals surface area (Å²) < 4.78 is 24.4. The molecule has 0 aliphatic heterocycles. The Morgan fingerprint density at radius 2 is 1.95 bits per heavy atom. The quantitative estimate of drug-likeness (QED) is 0.792. The number of hydrogen-bond acceptors (Lipinski definition) is 4.